The highest BCUT2D eigenvalue weighted by Gasteiger charge is 2.09. The van der Waals surface area contributed by atoms with Crippen molar-refractivity contribution in [3.8, 4) is 11.5 Å². The summed E-state index contributed by atoms with van der Waals surface area (Å²) in [4.78, 5) is 16.8. The van der Waals surface area contributed by atoms with Gasteiger partial charge in [0.05, 0.1) is 4.92 Å². The molecule has 6 nitrogen and oxygen atoms in total. The molecular weight excluding hydrogens is 282 g/mol. The van der Waals surface area contributed by atoms with Crippen molar-refractivity contribution in [1.82, 2.24) is 9.97 Å². The molecule has 3 rings (SSSR count). The molecule has 0 aliphatic rings. The molecule has 22 heavy (non-hydrogen) atoms. The number of aromatic nitrogens is 2. The summed E-state index contributed by atoms with van der Waals surface area (Å²) >= 11 is 0. The average molecular weight is 297 g/mol. The number of non-ortho nitro benzene ring substituents is 1. The Labute approximate surface area is 127 Å². The van der Waals surface area contributed by atoms with Crippen LogP contribution in [0, 0.1) is 17.0 Å². The zero-order valence-electron chi connectivity index (χ0n) is 12.0. The predicted molar refractivity (Wildman–Crippen MR) is 82.9 cm³/mol. The van der Waals surface area contributed by atoms with Gasteiger partial charge in [0.1, 0.15) is 11.5 Å². The van der Waals surface area contributed by atoms with Gasteiger partial charge in [-0.25, -0.2) is 0 Å². The van der Waals surface area contributed by atoms with E-state index in [9.17, 15) is 10.1 Å². The second-order valence-corrected chi connectivity index (χ2v) is 4.38. The van der Waals surface area contributed by atoms with Gasteiger partial charge < -0.3 is 9.72 Å². The molecule has 2 aromatic heterocycles. The lowest BCUT2D eigenvalue weighted by molar-refractivity contribution is -0.384. The zero-order valence-corrected chi connectivity index (χ0v) is 12.0. The third-order valence-corrected chi connectivity index (χ3v) is 2.73. The minimum absolute atomic E-state index is 0.0684. The second-order valence-electron chi connectivity index (χ2n) is 4.38. The van der Waals surface area contributed by atoms with Crippen LogP contribution in [0.1, 0.15) is 5.56 Å². The second kappa shape index (κ2) is 7.58. The molecule has 112 valence electrons. The van der Waals surface area contributed by atoms with Crippen LogP contribution in [-0.2, 0) is 0 Å². The van der Waals surface area contributed by atoms with Gasteiger partial charge in [-0.05, 0) is 36.8 Å². The topological polar surface area (TPSA) is 81.0 Å². The number of pyridine rings is 1. The molecule has 0 spiro atoms. The van der Waals surface area contributed by atoms with E-state index in [-0.39, 0.29) is 5.69 Å². The van der Waals surface area contributed by atoms with Crippen LogP contribution in [0.15, 0.2) is 67.3 Å². The molecule has 0 aliphatic carbocycles. The first kappa shape index (κ1) is 15.2. The van der Waals surface area contributed by atoms with Gasteiger partial charge in [0.15, 0.2) is 0 Å². The van der Waals surface area contributed by atoms with Gasteiger partial charge in [0.2, 0.25) is 0 Å². The number of ether oxygens (including phenoxy) is 1. The molecule has 1 aromatic carbocycles. The molecule has 6 heteroatoms. The van der Waals surface area contributed by atoms with Crippen LogP contribution in [0.25, 0.3) is 0 Å². The number of rotatable bonds is 3. The molecule has 2 heterocycles. The highest BCUT2D eigenvalue weighted by atomic mass is 16.6. The van der Waals surface area contributed by atoms with E-state index in [2.05, 4.69) is 9.97 Å². The highest BCUT2D eigenvalue weighted by molar-refractivity contribution is 5.44. The molecule has 0 amide bonds. The van der Waals surface area contributed by atoms with Crippen molar-refractivity contribution in [3.63, 3.8) is 0 Å². The number of H-pyrrole nitrogens is 1. The number of nitrogens with one attached hydrogen (secondary N) is 1. The Balaban J connectivity index is 0.000000246. The summed E-state index contributed by atoms with van der Waals surface area (Å²) in [5.41, 5.74) is 0.800. The van der Waals surface area contributed by atoms with E-state index >= 15 is 0 Å². The van der Waals surface area contributed by atoms with Gasteiger partial charge in [0.25, 0.3) is 5.69 Å². The van der Waals surface area contributed by atoms with Crippen molar-refractivity contribution in [3.05, 3.63) is 82.9 Å². The highest BCUT2D eigenvalue weighted by Crippen LogP contribution is 2.27. The largest absolute Gasteiger partial charge is 0.456 e. The Kier molecular flexibility index (Phi) is 5.25. The van der Waals surface area contributed by atoms with Crippen LogP contribution in [0.5, 0.6) is 11.5 Å². The molecule has 0 aliphatic heterocycles. The summed E-state index contributed by atoms with van der Waals surface area (Å²) in [6, 6.07) is 12.0. The van der Waals surface area contributed by atoms with Crippen molar-refractivity contribution < 1.29 is 9.66 Å². The molecule has 0 bridgehead atoms. The van der Waals surface area contributed by atoms with Crippen molar-refractivity contribution >= 4 is 5.69 Å². The Morgan fingerprint density at radius 2 is 1.95 bits per heavy atom. The smallest absolute Gasteiger partial charge is 0.269 e. The van der Waals surface area contributed by atoms with Gasteiger partial charge >= 0.3 is 0 Å². The molecule has 1 N–H and O–H groups in total. The quantitative estimate of drug-likeness (QED) is 0.582. The Hall–Kier alpha value is -3.15. The van der Waals surface area contributed by atoms with Crippen molar-refractivity contribution in [1.29, 1.82) is 0 Å². The van der Waals surface area contributed by atoms with E-state index in [1.165, 1.54) is 12.1 Å². The Morgan fingerprint density at radius 1 is 1.18 bits per heavy atom. The van der Waals surface area contributed by atoms with E-state index < -0.39 is 4.92 Å². The minimum Gasteiger partial charge on any atom is -0.456 e. The average Bonchev–Trinajstić information content (AvgIpc) is 3.04. The first-order valence-corrected chi connectivity index (χ1v) is 6.57. The Bertz CT molecular complexity index is 686. The lowest BCUT2D eigenvalue weighted by Crippen LogP contribution is -1.91. The number of benzene rings is 1. The molecule has 0 saturated carbocycles. The van der Waals surface area contributed by atoms with E-state index in [0.717, 1.165) is 5.56 Å². The van der Waals surface area contributed by atoms with E-state index in [4.69, 9.17) is 4.74 Å². The fourth-order valence-corrected chi connectivity index (χ4v) is 1.67. The molecule has 0 fully saturated rings. The third-order valence-electron chi connectivity index (χ3n) is 2.73. The van der Waals surface area contributed by atoms with Gasteiger partial charge in [-0.15, -0.1) is 0 Å². The van der Waals surface area contributed by atoms with Gasteiger partial charge in [0, 0.05) is 36.9 Å². The summed E-state index contributed by atoms with van der Waals surface area (Å²) in [7, 11) is 0. The van der Waals surface area contributed by atoms with Crippen LogP contribution in [0.4, 0.5) is 5.69 Å². The number of aromatic amines is 1. The summed E-state index contributed by atoms with van der Waals surface area (Å²) in [6.07, 6.45) is 6.96. The van der Waals surface area contributed by atoms with Crippen molar-refractivity contribution in [2.45, 2.75) is 6.92 Å². The number of hydrogen-bond donors (Lipinski definition) is 1. The third kappa shape index (κ3) is 4.45. The zero-order chi connectivity index (χ0) is 15.8. The SMILES string of the molecule is Cc1cc([N+](=O)[O-])ccc1Oc1cc[nH]c1.c1ccncc1. The van der Waals surface area contributed by atoms with Crippen LogP contribution in [0.3, 0.4) is 0 Å². The summed E-state index contributed by atoms with van der Waals surface area (Å²) in [5.74, 6) is 1.29. The normalized spacial score (nSPS) is 9.50. The van der Waals surface area contributed by atoms with E-state index in [0.29, 0.717) is 11.5 Å². The lowest BCUT2D eigenvalue weighted by atomic mass is 10.2. The fourth-order valence-electron chi connectivity index (χ4n) is 1.67. The van der Waals surface area contributed by atoms with Crippen LogP contribution in [-0.4, -0.2) is 14.9 Å². The van der Waals surface area contributed by atoms with E-state index in [1.807, 2.05) is 18.2 Å². The van der Waals surface area contributed by atoms with Gasteiger partial charge in [-0.2, -0.15) is 0 Å². The molecule has 0 radical (unpaired) electrons. The van der Waals surface area contributed by atoms with Crippen molar-refractivity contribution in [2.75, 3.05) is 0 Å². The number of nitrogens with zero attached hydrogens (tertiary/aromatic N) is 2. The maximum absolute atomic E-state index is 10.5. The van der Waals surface area contributed by atoms with Gasteiger partial charge in [-0.3, -0.25) is 15.1 Å². The lowest BCUT2D eigenvalue weighted by Gasteiger charge is -2.05. The fraction of sp³-hybridized carbons (Fsp3) is 0.0625. The van der Waals surface area contributed by atoms with E-state index in [1.54, 1.807) is 43.8 Å². The Morgan fingerprint density at radius 3 is 2.41 bits per heavy atom. The number of nitro benzene ring substituents is 1. The standard InChI is InChI=1S/C11H10N2O3.C5H5N/c1-8-6-9(13(14)15)2-3-11(8)16-10-4-5-12-7-10;1-2-4-6-5-3-1/h2-7,12H,1H3;1-5H. The monoisotopic (exact) mass is 297 g/mol. The maximum atomic E-state index is 10.5. The molecular formula is C16H15N3O3. The van der Waals surface area contributed by atoms with Crippen LogP contribution >= 0.6 is 0 Å². The summed E-state index contributed by atoms with van der Waals surface area (Å²) < 4.78 is 5.53. The summed E-state index contributed by atoms with van der Waals surface area (Å²) in [5, 5.41) is 10.5. The molecule has 3 aromatic rings. The number of aryl methyl sites for hydroxylation is 1. The minimum atomic E-state index is -0.424. The number of nitro groups is 1. The molecule has 0 unspecified atom stereocenters. The summed E-state index contributed by atoms with van der Waals surface area (Å²) in [6.45, 7) is 1.77. The first-order valence-electron chi connectivity index (χ1n) is 6.57. The predicted octanol–water partition coefficient (Wildman–Crippen LogP) is 4.11. The maximum Gasteiger partial charge on any atom is 0.269 e. The van der Waals surface area contributed by atoms with Crippen LogP contribution in [0.2, 0.25) is 0 Å². The molecule has 0 saturated heterocycles. The molecule has 0 atom stereocenters. The van der Waals surface area contributed by atoms with Crippen LogP contribution < -0.4 is 4.74 Å². The first-order chi connectivity index (χ1) is 10.7. The number of hydrogen-bond acceptors (Lipinski definition) is 4. The van der Waals surface area contributed by atoms with Crippen molar-refractivity contribution in [2.24, 2.45) is 0 Å². The van der Waals surface area contributed by atoms with Gasteiger partial charge in [-0.1, -0.05) is 6.07 Å².